The van der Waals surface area contributed by atoms with Crippen LogP contribution in [0.2, 0.25) is 0 Å². The van der Waals surface area contributed by atoms with Gasteiger partial charge in [0, 0.05) is 19.1 Å². The molecule has 1 fully saturated rings. The summed E-state index contributed by atoms with van der Waals surface area (Å²) in [6.07, 6.45) is 3.87. The van der Waals surface area contributed by atoms with Gasteiger partial charge in [-0.05, 0) is 25.8 Å². The SMILES string of the molecule is CCC(CC)CS(=O)(=O)N1CCCC1CNC.Cl. The molecule has 18 heavy (non-hydrogen) atoms. The second-order valence-corrected chi connectivity index (χ2v) is 6.89. The summed E-state index contributed by atoms with van der Waals surface area (Å²) < 4.78 is 26.4. The highest BCUT2D eigenvalue weighted by atomic mass is 35.5. The lowest BCUT2D eigenvalue weighted by atomic mass is 10.1. The van der Waals surface area contributed by atoms with Gasteiger partial charge in [-0.25, -0.2) is 8.42 Å². The zero-order valence-electron chi connectivity index (χ0n) is 11.7. The van der Waals surface area contributed by atoms with Crippen LogP contribution in [-0.4, -0.2) is 44.7 Å². The molecule has 1 aliphatic heterocycles. The minimum absolute atomic E-state index is 0. The van der Waals surface area contributed by atoms with Gasteiger partial charge in [-0.15, -0.1) is 12.4 Å². The van der Waals surface area contributed by atoms with Crippen LogP contribution in [-0.2, 0) is 10.0 Å². The Morgan fingerprint density at radius 3 is 2.44 bits per heavy atom. The standard InChI is InChI=1S/C12H26N2O2S.ClH/c1-4-11(5-2)10-17(15,16)14-8-6-7-12(14)9-13-3;/h11-13H,4-10H2,1-3H3;1H. The molecule has 1 rings (SSSR count). The van der Waals surface area contributed by atoms with Crippen molar-refractivity contribution in [2.24, 2.45) is 5.92 Å². The summed E-state index contributed by atoms with van der Waals surface area (Å²) >= 11 is 0. The van der Waals surface area contributed by atoms with Crippen LogP contribution >= 0.6 is 12.4 Å². The predicted octanol–water partition coefficient (Wildman–Crippen LogP) is 1.86. The Kier molecular flexibility index (Phi) is 8.43. The first kappa shape index (κ1) is 18.2. The average Bonchev–Trinajstić information content (AvgIpc) is 2.75. The second-order valence-electron chi connectivity index (χ2n) is 4.93. The molecular weight excluding hydrogens is 272 g/mol. The molecule has 1 N–H and O–H groups in total. The smallest absolute Gasteiger partial charge is 0.214 e. The van der Waals surface area contributed by atoms with Crippen molar-refractivity contribution in [3.63, 3.8) is 0 Å². The van der Waals surface area contributed by atoms with E-state index in [2.05, 4.69) is 19.2 Å². The topological polar surface area (TPSA) is 49.4 Å². The van der Waals surface area contributed by atoms with Crippen molar-refractivity contribution in [3.8, 4) is 0 Å². The molecular formula is C12H27ClN2O2S. The van der Waals surface area contributed by atoms with E-state index in [1.54, 1.807) is 4.31 Å². The summed E-state index contributed by atoms with van der Waals surface area (Å²) in [5.74, 6) is 0.621. The fourth-order valence-electron chi connectivity index (χ4n) is 2.53. The van der Waals surface area contributed by atoms with E-state index in [1.807, 2.05) is 7.05 Å². The first-order valence-corrected chi connectivity index (χ1v) is 8.30. The molecule has 0 spiro atoms. The molecule has 110 valence electrons. The maximum atomic E-state index is 12.3. The molecule has 1 aliphatic rings. The third-order valence-corrected chi connectivity index (χ3v) is 5.81. The maximum Gasteiger partial charge on any atom is 0.214 e. The number of halogens is 1. The normalized spacial score (nSPS) is 21.2. The van der Waals surface area contributed by atoms with Crippen LogP contribution in [0.1, 0.15) is 39.5 Å². The Morgan fingerprint density at radius 2 is 1.94 bits per heavy atom. The van der Waals surface area contributed by atoms with Crippen molar-refractivity contribution in [1.29, 1.82) is 0 Å². The zero-order chi connectivity index (χ0) is 12.9. The van der Waals surface area contributed by atoms with Crippen molar-refractivity contribution in [2.75, 3.05) is 25.9 Å². The monoisotopic (exact) mass is 298 g/mol. The van der Waals surface area contributed by atoms with Gasteiger partial charge in [0.15, 0.2) is 0 Å². The first-order valence-electron chi connectivity index (χ1n) is 6.69. The van der Waals surface area contributed by atoms with Gasteiger partial charge in [-0.1, -0.05) is 26.7 Å². The van der Waals surface area contributed by atoms with Gasteiger partial charge >= 0.3 is 0 Å². The van der Waals surface area contributed by atoms with Crippen LogP contribution in [0.15, 0.2) is 0 Å². The minimum atomic E-state index is -3.06. The molecule has 1 heterocycles. The number of hydrogen-bond acceptors (Lipinski definition) is 3. The molecule has 0 saturated carbocycles. The molecule has 4 nitrogen and oxygen atoms in total. The summed E-state index contributed by atoms with van der Waals surface area (Å²) in [6, 6.07) is 0.166. The first-order chi connectivity index (χ1) is 8.05. The zero-order valence-corrected chi connectivity index (χ0v) is 13.3. The lowest BCUT2D eigenvalue weighted by Crippen LogP contribution is -2.42. The summed E-state index contributed by atoms with van der Waals surface area (Å²) in [5, 5.41) is 3.09. The highest BCUT2D eigenvalue weighted by Gasteiger charge is 2.34. The predicted molar refractivity (Wildman–Crippen MR) is 78.8 cm³/mol. The molecule has 0 radical (unpaired) electrons. The number of nitrogens with zero attached hydrogens (tertiary/aromatic N) is 1. The summed E-state index contributed by atoms with van der Waals surface area (Å²) in [7, 11) is -1.18. The van der Waals surface area contributed by atoms with Crippen molar-refractivity contribution in [3.05, 3.63) is 0 Å². The second kappa shape index (κ2) is 8.35. The van der Waals surface area contributed by atoms with Gasteiger partial charge in [0.2, 0.25) is 10.0 Å². The Bertz CT molecular complexity index is 318. The molecule has 0 bridgehead atoms. The van der Waals surface area contributed by atoms with E-state index in [0.29, 0.717) is 18.2 Å². The van der Waals surface area contributed by atoms with E-state index in [9.17, 15) is 8.42 Å². The molecule has 0 aromatic heterocycles. The largest absolute Gasteiger partial charge is 0.318 e. The highest BCUT2D eigenvalue weighted by molar-refractivity contribution is 7.89. The maximum absolute atomic E-state index is 12.3. The molecule has 0 aromatic rings. The molecule has 0 amide bonds. The van der Waals surface area contributed by atoms with Gasteiger partial charge in [0.1, 0.15) is 0 Å². The minimum Gasteiger partial charge on any atom is -0.318 e. The van der Waals surface area contributed by atoms with E-state index in [4.69, 9.17) is 0 Å². The molecule has 1 unspecified atom stereocenters. The lowest BCUT2D eigenvalue weighted by molar-refractivity contribution is 0.372. The number of likely N-dealkylation sites (N-methyl/N-ethyl adjacent to an activating group) is 1. The van der Waals surface area contributed by atoms with E-state index in [0.717, 1.165) is 32.2 Å². The van der Waals surface area contributed by atoms with Crippen LogP contribution in [0, 0.1) is 5.92 Å². The molecule has 1 saturated heterocycles. The average molecular weight is 299 g/mol. The van der Waals surface area contributed by atoms with E-state index < -0.39 is 10.0 Å². The van der Waals surface area contributed by atoms with Crippen molar-refractivity contribution in [2.45, 2.75) is 45.6 Å². The Labute approximate surface area is 118 Å². The van der Waals surface area contributed by atoms with E-state index in [1.165, 1.54) is 0 Å². The lowest BCUT2D eigenvalue weighted by Gasteiger charge is -2.25. The molecule has 1 atom stereocenters. The molecule has 0 aliphatic carbocycles. The van der Waals surface area contributed by atoms with Crippen LogP contribution in [0.5, 0.6) is 0 Å². The van der Waals surface area contributed by atoms with Crippen LogP contribution in [0.25, 0.3) is 0 Å². The summed E-state index contributed by atoms with van der Waals surface area (Å²) in [6.45, 7) is 5.61. The summed E-state index contributed by atoms with van der Waals surface area (Å²) in [5.41, 5.74) is 0. The fraction of sp³-hybridized carbons (Fsp3) is 1.00. The third kappa shape index (κ3) is 4.68. The Morgan fingerprint density at radius 1 is 1.33 bits per heavy atom. The van der Waals surface area contributed by atoms with Gasteiger partial charge in [-0.2, -0.15) is 4.31 Å². The quantitative estimate of drug-likeness (QED) is 0.780. The van der Waals surface area contributed by atoms with Gasteiger partial charge < -0.3 is 5.32 Å². The van der Waals surface area contributed by atoms with Crippen molar-refractivity contribution in [1.82, 2.24) is 9.62 Å². The number of hydrogen-bond donors (Lipinski definition) is 1. The molecule has 0 aromatic carbocycles. The van der Waals surface area contributed by atoms with Crippen molar-refractivity contribution >= 4 is 22.4 Å². The van der Waals surface area contributed by atoms with Gasteiger partial charge in [-0.3, -0.25) is 0 Å². The Hall–Kier alpha value is 0.160. The highest BCUT2D eigenvalue weighted by Crippen LogP contribution is 2.23. The van der Waals surface area contributed by atoms with Gasteiger partial charge in [0.25, 0.3) is 0 Å². The Balaban J connectivity index is 0.00000289. The van der Waals surface area contributed by atoms with Crippen LogP contribution < -0.4 is 5.32 Å². The van der Waals surface area contributed by atoms with Crippen LogP contribution in [0.3, 0.4) is 0 Å². The molecule has 6 heteroatoms. The van der Waals surface area contributed by atoms with Gasteiger partial charge in [0.05, 0.1) is 5.75 Å². The van der Waals surface area contributed by atoms with Crippen molar-refractivity contribution < 1.29 is 8.42 Å². The van der Waals surface area contributed by atoms with Crippen LogP contribution in [0.4, 0.5) is 0 Å². The number of nitrogens with one attached hydrogen (secondary N) is 1. The van der Waals surface area contributed by atoms with E-state index in [-0.39, 0.29) is 18.4 Å². The fourth-order valence-corrected chi connectivity index (χ4v) is 4.83. The summed E-state index contributed by atoms with van der Waals surface area (Å²) in [4.78, 5) is 0. The third-order valence-electron chi connectivity index (χ3n) is 3.72. The van der Waals surface area contributed by atoms with E-state index >= 15 is 0 Å². The number of rotatable bonds is 7. The number of sulfonamides is 1.